The summed E-state index contributed by atoms with van der Waals surface area (Å²) in [5.74, 6) is -0.0242. The minimum absolute atomic E-state index is 0.195. The lowest BCUT2D eigenvalue weighted by Crippen LogP contribution is -2.23. The van der Waals surface area contributed by atoms with E-state index in [1.165, 1.54) is 0 Å². The van der Waals surface area contributed by atoms with Crippen LogP contribution in [0.5, 0.6) is 5.75 Å². The van der Waals surface area contributed by atoms with Crippen LogP contribution >= 0.6 is 0 Å². The van der Waals surface area contributed by atoms with Crippen molar-refractivity contribution >= 4 is 39.1 Å². The summed E-state index contributed by atoms with van der Waals surface area (Å²) in [5, 5.41) is 3.15. The summed E-state index contributed by atoms with van der Waals surface area (Å²) in [6.45, 7) is 1.99. The Kier molecular flexibility index (Phi) is 3.39. The lowest BCUT2D eigenvalue weighted by molar-refractivity contribution is 0.0526. The van der Waals surface area contributed by atoms with E-state index in [1.54, 1.807) is 26.0 Å². The minimum Gasteiger partial charge on any atom is -0.496 e. The molecule has 1 aliphatic heterocycles. The Morgan fingerprint density at radius 3 is 2.52 bits per heavy atom. The van der Waals surface area contributed by atoms with E-state index in [2.05, 4.69) is 0 Å². The average Bonchev–Trinajstić information content (AvgIpc) is 2.88. The molecule has 0 atom stereocenters. The number of nitrogens with zero attached hydrogens (tertiary/aromatic N) is 1. The topological polar surface area (TPSA) is 55.8 Å². The second-order valence-electron chi connectivity index (χ2n) is 5.92. The molecule has 0 radical (unpaired) electrons. The van der Waals surface area contributed by atoms with Crippen molar-refractivity contribution in [2.75, 3.05) is 25.7 Å². The highest BCUT2D eigenvalue weighted by molar-refractivity contribution is 6.35. The molecule has 0 saturated carbocycles. The molecule has 0 aromatic heterocycles. The van der Waals surface area contributed by atoms with Crippen molar-refractivity contribution in [2.45, 2.75) is 6.92 Å². The van der Waals surface area contributed by atoms with Crippen LogP contribution in [0.2, 0.25) is 0 Å². The maximum Gasteiger partial charge on any atom is 0.339 e. The van der Waals surface area contributed by atoms with Gasteiger partial charge in [0.15, 0.2) is 0 Å². The minimum atomic E-state index is -0.490. The van der Waals surface area contributed by atoms with Gasteiger partial charge >= 0.3 is 5.97 Å². The summed E-state index contributed by atoms with van der Waals surface area (Å²) in [6, 6.07) is 11.2. The van der Waals surface area contributed by atoms with Gasteiger partial charge in [-0.2, -0.15) is 0 Å². The van der Waals surface area contributed by atoms with E-state index in [0.29, 0.717) is 22.3 Å². The Morgan fingerprint density at radius 1 is 1.08 bits per heavy atom. The molecule has 5 heteroatoms. The van der Waals surface area contributed by atoms with E-state index in [0.717, 1.165) is 21.8 Å². The molecule has 126 valence electrons. The second kappa shape index (κ2) is 5.48. The average molecular weight is 335 g/mol. The third kappa shape index (κ3) is 1.95. The zero-order valence-electron chi connectivity index (χ0n) is 14.3. The van der Waals surface area contributed by atoms with Gasteiger partial charge in [0.2, 0.25) is 0 Å². The van der Waals surface area contributed by atoms with E-state index < -0.39 is 5.97 Å². The van der Waals surface area contributed by atoms with Crippen molar-refractivity contribution in [2.24, 2.45) is 0 Å². The molecule has 0 unspecified atom stereocenters. The largest absolute Gasteiger partial charge is 0.496 e. The first-order valence-corrected chi connectivity index (χ1v) is 8.10. The smallest absolute Gasteiger partial charge is 0.339 e. The van der Waals surface area contributed by atoms with Crippen LogP contribution in [0, 0.1) is 0 Å². The highest BCUT2D eigenvalue weighted by atomic mass is 16.5. The van der Waals surface area contributed by atoms with Crippen LogP contribution in [-0.4, -0.2) is 32.6 Å². The predicted octanol–water partition coefficient (Wildman–Crippen LogP) is 3.77. The van der Waals surface area contributed by atoms with Crippen LogP contribution in [0.3, 0.4) is 0 Å². The second-order valence-corrected chi connectivity index (χ2v) is 5.92. The Hall–Kier alpha value is -3.08. The van der Waals surface area contributed by atoms with Crippen molar-refractivity contribution in [1.29, 1.82) is 0 Å². The molecule has 25 heavy (non-hydrogen) atoms. The highest BCUT2D eigenvalue weighted by Crippen LogP contribution is 2.45. The Balaban J connectivity index is 2.28. The summed E-state index contributed by atoms with van der Waals surface area (Å²) in [6.07, 6.45) is 0. The Bertz CT molecular complexity index is 1050. The van der Waals surface area contributed by atoms with E-state index in [9.17, 15) is 9.59 Å². The van der Waals surface area contributed by atoms with Crippen molar-refractivity contribution in [3.8, 4) is 5.75 Å². The number of benzene rings is 3. The molecular weight excluding hydrogens is 318 g/mol. The Morgan fingerprint density at radius 2 is 1.80 bits per heavy atom. The Labute approximate surface area is 144 Å². The number of carbonyl (C=O) groups is 2. The fourth-order valence-corrected chi connectivity index (χ4v) is 3.64. The van der Waals surface area contributed by atoms with E-state index in [1.807, 2.05) is 36.4 Å². The van der Waals surface area contributed by atoms with Crippen LogP contribution < -0.4 is 9.64 Å². The molecule has 0 spiro atoms. The number of fused-ring (bicyclic) bond motifs is 2. The summed E-state index contributed by atoms with van der Waals surface area (Å²) in [5.41, 5.74) is 1.51. The van der Waals surface area contributed by atoms with Gasteiger partial charge in [0.25, 0.3) is 5.91 Å². The number of methoxy groups -OCH3 is 1. The first kappa shape index (κ1) is 15.4. The monoisotopic (exact) mass is 335 g/mol. The molecule has 4 rings (SSSR count). The zero-order valence-corrected chi connectivity index (χ0v) is 14.3. The molecule has 0 aliphatic carbocycles. The molecule has 0 N–H and O–H groups in total. The molecule has 0 fully saturated rings. The molecule has 1 aliphatic rings. The molecule has 0 bridgehead atoms. The third-order valence-corrected chi connectivity index (χ3v) is 4.69. The van der Waals surface area contributed by atoms with Gasteiger partial charge < -0.3 is 14.4 Å². The fraction of sp³-hybridized carbons (Fsp3) is 0.200. The number of hydrogen-bond donors (Lipinski definition) is 0. The summed E-state index contributed by atoms with van der Waals surface area (Å²) in [7, 11) is 3.31. The van der Waals surface area contributed by atoms with E-state index >= 15 is 0 Å². The molecule has 3 aromatic carbocycles. The number of carbonyl (C=O) groups excluding carboxylic acids is 2. The lowest BCUT2D eigenvalue weighted by Gasteiger charge is -2.14. The maximum absolute atomic E-state index is 12.9. The van der Waals surface area contributed by atoms with Crippen LogP contribution in [0.1, 0.15) is 27.6 Å². The van der Waals surface area contributed by atoms with Crippen molar-refractivity contribution in [3.63, 3.8) is 0 Å². The summed E-state index contributed by atoms with van der Waals surface area (Å²) in [4.78, 5) is 27.2. The third-order valence-electron chi connectivity index (χ3n) is 4.69. The highest BCUT2D eigenvalue weighted by Gasteiger charge is 2.35. The van der Waals surface area contributed by atoms with Gasteiger partial charge in [-0.3, -0.25) is 4.79 Å². The lowest BCUT2D eigenvalue weighted by atomic mass is 9.91. The van der Waals surface area contributed by atoms with Crippen molar-refractivity contribution in [1.82, 2.24) is 0 Å². The van der Waals surface area contributed by atoms with Gasteiger partial charge in [0.05, 0.1) is 30.5 Å². The van der Waals surface area contributed by atoms with Gasteiger partial charge in [0.1, 0.15) is 5.75 Å². The van der Waals surface area contributed by atoms with Crippen molar-refractivity contribution in [3.05, 3.63) is 47.5 Å². The normalized spacial score (nSPS) is 12.9. The molecule has 0 saturated heterocycles. The zero-order chi connectivity index (χ0) is 17.7. The van der Waals surface area contributed by atoms with E-state index in [4.69, 9.17) is 9.47 Å². The van der Waals surface area contributed by atoms with E-state index in [-0.39, 0.29) is 12.5 Å². The van der Waals surface area contributed by atoms with Crippen molar-refractivity contribution < 1.29 is 19.1 Å². The molecule has 3 aromatic rings. The van der Waals surface area contributed by atoms with Gasteiger partial charge in [-0.1, -0.05) is 24.3 Å². The van der Waals surface area contributed by atoms with Gasteiger partial charge in [-0.05, 0) is 24.4 Å². The first-order valence-electron chi connectivity index (χ1n) is 8.10. The van der Waals surface area contributed by atoms with Crippen LogP contribution in [0.15, 0.2) is 36.4 Å². The summed E-state index contributed by atoms with van der Waals surface area (Å²) < 4.78 is 10.8. The van der Waals surface area contributed by atoms with Gasteiger partial charge in [0, 0.05) is 23.2 Å². The number of esters is 1. The SMILES string of the molecule is CCOC(=O)c1c2c3c(cccc3c3c(OC)cccc13)N(C)C2=O. The quantitative estimate of drug-likeness (QED) is 0.540. The number of anilines is 1. The summed E-state index contributed by atoms with van der Waals surface area (Å²) >= 11 is 0. The first-order chi connectivity index (χ1) is 12.1. The van der Waals surface area contributed by atoms with Crippen LogP contribution in [-0.2, 0) is 4.74 Å². The fourth-order valence-electron chi connectivity index (χ4n) is 3.64. The van der Waals surface area contributed by atoms with Crippen LogP contribution in [0.4, 0.5) is 5.69 Å². The van der Waals surface area contributed by atoms with Gasteiger partial charge in [-0.15, -0.1) is 0 Å². The predicted molar refractivity (Wildman–Crippen MR) is 96.7 cm³/mol. The molecule has 1 heterocycles. The number of rotatable bonds is 3. The molecule has 1 amide bonds. The molecular formula is C20H17NO4. The van der Waals surface area contributed by atoms with Gasteiger partial charge in [-0.25, -0.2) is 4.79 Å². The van der Waals surface area contributed by atoms with Crippen LogP contribution in [0.25, 0.3) is 21.5 Å². The number of ether oxygens (including phenoxy) is 2. The number of amides is 1. The standard InChI is InChI=1S/C20H17NO4/c1-4-25-20(23)17-12-8-6-10-14(24-3)15(12)11-7-5-9-13-16(11)18(17)19(22)21(13)2/h5-10H,4H2,1-3H3. The molecule has 5 nitrogen and oxygen atoms in total. The maximum atomic E-state index is 12.9. The number of hydrogen-bond acceptors (Lipinski definition) is 4.